The highest BCUT2D eigenvalue weighted by Crippen LogP contribution is 2.33. The first-order chi connectivity index (χ1) is 7.88. The molecule has 1 saturated carbocycles. The van der Waals surface area contributed by atoms with Crippen molar-refractivity contribution >= 4 is 0 Å². The van der Waals surface area contributed by atoms with E-state index in [0.717, 1.165) is 25.9 Å². The van der Waals surface area contributed by atoms with E-state index in [9.17, 15) is 0 Å². The molecule has 1 N–H and O–H groups in total. The van der Waals surface area contributed by atoms with Crippen LogP contribution in [0.15, 0.2) is 6.33 Å². The Labute approximate surface area is 96.0 Å². The topological polar surface area (TPSA) is 39.1 Å². The zero-order valence-electron chi connectivity index (χ0n) is 9.78. The molecule has 1 fully saturated rings. The number of methoxy groups -OCH3 is 1. The summed E-state index contributed by atoms with van der Waals surface area (Å²) in [5.41, 5.74) is 2.69. The molecule has 1 aliphatic carbocycles. The van der Waals surface area contributed by atoms with Crippen LogP contribution in [0.25, 0.3) is 0 Å². The van der Waals surface area contributed by atoms with Crippen molar-refractivity contribution in [2.75, 3.05) is 13.7 Å². The molecule has 0 amide bonds. The maximum absolute atomic E-state index is 5.44. The quantitative estimate of drug-likeness (QED) is 0.817. The number of nitrogens with zero attached hydrogens (tertiary/aromatic N) is 2. The second-order valence-corrected chi connectivity index (χ2v) is 4.80. The normalized spacial score (nSPS) is 29.3. The average Bonchev–Trinajstić information content (AvgIpc) is 2.94. The van der Waals surface area contributed by atoms with Crippen molar-refractivity contribution < 1.29 is 4.74 Å². The summed E-state index contributed by atoms with van der Waals surface area (Å²) in [5.74, 6) is 0. The first kappa shape index (κ1) is 10.3. The Balaban J connectivity index is 1.82. The van der Waals surface area contributed by atoms with Gasteiger partial charge in [0.1, 0.15) is 0 Å². The van der Waals surface area contributed by atoms with Gasteiger partial charge in [-0.15, -0.1) is 0 Å². The minimum atomic E-state index is 0.449. The van der Waals surface area contributed by atoms with E-state index in [1.54, 1.807) is 0 Å². The van der Waals surface area contributed by atoms with Gasteiger partial charge in [0.2, 0.25) is 0 Å². The zero-order chi connectivity index (χ0) is 11.0. The molecule has 2 unspecified atom stereocenters. The second kappa shape index (κ2) is 4.18. The first-order valence-electron chi connectivity index (χ1n) is 6.16. The number of hydrogen-bond donors (Lipinski definition) is 1. The van der Waals surface area contributed by atoms with E-state index in [0.29, 0.717) is 12.1 Å². The van der Waals surface area contributed by atoms with Gasteiger partial charge in [-0.25, -0.2) is 4.98 Å². The Kier molecular flexibility index (Phi) is 2.69. The fraction of sp³-hybridized carbons (Fsp3) is 0.750. The predicted octanol–water partition coefficient (Wildman–Crippen LogP) is 1.27. The second-order valence-electron chi connectivity index (χ2n) is 4.80. The predicted molar refractivity (Wildman–Crippen MR) is 61.3 cm³/mol. The third-order valence-electron chi connectivity index (χ3n) is 3.90. The van der Waals surface area contributed by atoms with E-state index in [4.69, 9.17) is 4.74 Å². The van der Waals surface area contributed by atoms with E-state index in [-0.39, 0.29) is 0 Å². The van der Waals surface area contributed by atoms with Gasteiger partial charge in [0.15, 0.2) is 0 Å². The van der Waals surface area contributed by atoms with Crippen molar-refractivity contribution in [3.63, 3.8) is 0 Å². The lowest BCUT2D eigenvalue weighted by Crippen LogP contribution is -2.25. The van der Waals surface area contributed by atoms with Gasteiger partial charge in [0.25, 0.3) is 0 Å². The molecule has 2 aliphatic rings. The van der Waals surface area contributed by atoms with Crippen molar-refractivity contribution in [3.05, 3.63) is 17.7 Å². The molecule has 4 heteroatoms. The minimum Gasteiger partial charge on any atom is -0.381 e. The van der Waals surface area contributed by atoms with Crippen LogP contribution < -0.4 is 5.32 Å². The Morgan fingerprint density at radius 3 is 3.25 bits per heavy atom. The zero-order valence-corrected chi connectivity index (χ0v) is 9.78. The Hall–Kier alpha value is -0.870. The first-order valence-corrected chi connectivity index (χ1v) is 6.16. The van der Waals surface area contributed by atoms with Crippen molar-refractivity contribution in [2.24, 2.45) is 0 Å². The summed E-state index contributed by atoms with van der Waals surface area (Å²) in [7, 11) is 1.82. The van der Waals surface area contributed by atoms with Gasteiger partial charge in [-0.2, -0.15) is 0 Å². The van der Waals surface area contributed by atoms with Crippen LogP contribution in [0.5, 0.6) is 0 Å². The number of nitrogens with one attached hydrogen (secondary N) is 1. The van der Waals surface area contributed by atoms with Gasteiger partial charge in [0, 0.05) is 38.4 Å². The Morgan fingerprint density at radius 1 is 1.50 bits per heavy atom. The molecule has 2 heterocycles. The third kappa shape index (κ3) is 1.66. The summed E-state index contributed by atoms with van der Waals surface area (Å²) in [5, 5.41) is 3.36. The third-order valence-corrected chi connectivity index (χ3v) is 3.90. The van der Waals surface area contributed by atoms with Crippen LogP contribution in [0, 0.1) is 0 Å². The number of hydrogen-bond acceptors (Lipinski definition) is 3. The fourth-order valence-electron chi connectivity index (χ4n) is 2.96. The summed E-state index contributed by atoms with van der Waals surface area (Å²) >= 11 is 0. The van der Waals surface area contributed by atoms with Gasteiger partial charge in [-0.1, -0.05) is 0 Å². The van der Waals surface area contributed by atoms with Crippen LogP contribution in [-0.2, 0) is 17.7 Å². The molecule has 16 heavy (non-hydrogen) atoms. The molecule has 0 spiro atoms. The molecule has 1 aromatic heterocycles. The highest BCUT2D eigenvalue weighted by atomic mass is 16.5. The highest BCUT2D eigenvalue weighted by molar-refractivity contribution is 5.17. The lowest BCUT2D eigenvalue weighted by atomic mass is 10.1. The largest absolute Gasteiger partial charge is 0.381 e. The van der Waals surface area contributed by atoms with Crippen LogP contribution in [0.2, 0.25) is 0 Å². The summed E-state index contributed by atoms with van der Waals surface area (Å²) < 4.78 is 7.84. The maximum Gasteiger partial charge on any atom is 0.0954 e. The lowest BCUT2D eigenvalue weighted by molar-refractivity contribution is 0.105. The number of rotatable bonds is 2. The summed E-state index contributed by atoms with van der Waals surface area (Å²) in [4.78, 5) is 4.51. The minimum absolute atomic E-state index is 0.449. The molecule has 0 aromatic carbocycles. The van der Waals surface area contributed by atoms with Gasteiger partial charge in [-0.05, 0) is 19.3 Å². The summed E-state index contributed by atoms with van der Waals surface area (Å²) in [6.45, 7) is 2.02. The molecular formula is C12H19N3O. The number of imidazole rings is 1. The van der Waals surface area contributed by atoms with Gasteiger partial charge in [-0.3, -0.25) is 0 Å². The van der Waals surface area contributed by atoms with Crippen LogP contribution >= 0.6 is 0 Å². The molecule has 0 bridgehead atoms. The van der Waals surface area contributed by atoms with Crippen LogP contribution in [0.4, 0.5) is 0 Å². The molecule has 1 aliphatic heterocycles. The SMILES string of the molecule is COC1CCC(n2cnc3c2CCNC3)C1. The molecule has 88 valence electrons. The average molecular weight is 221 g/mol. The summed E-state index contributed by atoms with van der Waals surface area (Å²) in [6, 6.07) is 0.610. The smallest absolute Gasteiger partial charge is 0.0954 e. The van der Waals surface area contributed by atoms with E-state index in [1.807, 2.05) is 13.4 Å². The van der Waals surface area contributed by atoms with Crippen molar-refractivity contribution in [3.8, 4) is 0 Å². The molecule has 4 nitrogen and oxygen atoms in total. The standard InChI is InChI=1S/C12H19N3O/c1-16-10-3-2-9(6-10)15-8-14-11-7-13-5-4-12(11)15/h8-10,13H,2-7H2,1H3. The van der Waals surface area contributed by atoms with E-state index in [2.05, 4.69) is 14.9 Å². The van der Waals surface area contributed by atoms with Gasteiger partial charge in [0.05, 0.1) is 18.1 Å². The van der Waals surface area contributed by atoms with Gasteiger partial charge >= 0.3 is 0 Å². The molecular weight excluding hydrogens is 202 g/mol. The van der Waals surface area contributed by atoms with Crippen molar-refractivity contribution in [2.45, 2.75) is 44.4 Å². The molecule has 0 saturated heterocycles. The van der Waals surface area contributed by atoms with Crippen LogP contribution in [-0.4, -0.2) is 29.3 Å². The van der Waals surface area contributed by atoms with E-state index in [1.165, 1.54) is 24.2 Å². The number of aromatic nitrogens is 2. The molecule has 1 aromatic rings. The van der Waals surface area contributed by atoms with Crippen molar-refractivity contribution in [1.29, 1.82) is 0 Å². The number of fused-ring (bicyclic) bond motifs is 1. The lowest BCUT2D eigenvalue weighted by Gasteiger charge is -2.19. The van der Waals surface area contributed by atoms with Crippen LogP contribution in [0.1, 0.15) is 36.7 Å². The maximum atomic E-state index is 5.44. The van der Waals surface area contributed by atoms with Gasteiger partial charge < -0.3 is 14.6 Å². The number of ether oxygens (including phenoxy) is 1. The van der Waals surface area contributed by atoms with E-state index < -0.39 is 0 Å². The molecule has 0 radical (unpaired) electrons. The van der Waals surface area contributed by atoms with E-state index >= 15 is 0 Å². The van der Waals surface area contributed by atoms with Crippen molar-refractivity contribution in [1.82, 2.24) is 14.9 Å². The Morgan fingerprint density at radius 2 is 2.44 bits per heavy atom. The molecule has 3 rings (SSSR count). The van der Waals surface area contributed by atoms with Crippen LogP contribution in [0.3, 0.4) is 0 Å². The summed E-state index contributed by atoms with van der Waals surface area (Å²) in [6.07, 6.45) is 7.15. The molecule has 2 atom stereocenters. The fourth-order valence-corrected chi connectivity index (χ4v) is 2.96. The highest BCUT2D eigenvalue weighted by Gasteiger charge is 2.28. The monoisotopic (exact) mass is 221 g/mol. The Bertz CT molecular complexity index is 374.